The van der Waals surface area contributed by atoms with Crippen LogP contribution in [0.4, 0.5) is 0 Å². The molecule has 8 rings (SSSR count). The number of esters is 2. The van der Waals surface area contributed by atoms with Gasteiger partial charge in [0.05, 0.1) is 52.8 Å². The van der Waals surface area contributed by atoms with Gasteiger partial charge in [0.1, 0.15) is 47.7 Å². The first-order valence-corrected chi connectivity index (χ1v) is 24.0. The summed E-state index contributed by atoms with van der Waals surface area (Å²) in [6.07, 6.45) is -9.72. The number of hydrogen-bond acceptors (Lipinski definition) is 14. The van der Waals surface area contributed by atoms with Crippen molar-refractivity contribution in [3.63, 3.8) is 0 Å². The highest BCUT2D eigenvalue weighted by molar-refractivity contribution is 7.99. The minimum Gasteiger partial charge on any atom is -0.497 e. The van der Waals surface area contributed by atoms with Crippen LogP contribution in [0.25, 0.3) is 10.4 Å². The van der Waals surface area contributed by atoms with E-state index in [1.807, 2.05) is 146 Å². The van der Waals surface area contributed by atoms with Gasteiger partial charge in [-0.15, -0.1) is 0 Å². The quantitative estimate of drug-likeness (QED) is 0.0272. The monoisotopic (exact) mass is 981 g/mol. The summed E-state index contributed by atoms with van der Waals surface area (Å²) in [7, 11) is 2.83. The fourth-order valence-corrected chi connectivity index (χ4v) is 9.36. The Hall–Kier alpha value is -6.56. The summed E-state index contributed by atoms with van der Waals surface area (Å²) >= 11 is 1.24. The average molecular weight is 982 g/mol. The molecule has 0 aromatic heterocycles. The lowest BCUT2D eigenvalue weighted by Gasteiger charge is -2.49. The van der Waals surface area contributed by atoms with E-state index in [1.165, 1.54) is 18.9 Å². The van der Waals surface area contributed by atoms with Crippen LogP contribution in [0.3, 0.4) is 0 Å². The molecule has 10 atom stereocenters. The first-order valence-electron chi connectivity index (χ1n) is 23.1. The van der Waals surface area contributed by atoms with Crippen LogP contribution in [-0.2, 0) is 73.9 Å². The van der Waals surface area contributed by atoms with Gasteiger partial charge in [0.2, 0.25) is 0 Å². The van der Waals surface area contributed by atoms with Crippen molar-refractivity contribution in [2.45, 2.75) is 91.8 Å². The second-order valence-electron chi connectivity index (χ2n) is 16.6. The maximum absolute atomic E-state index is 14.2. The Labute approximate surface area is 416 Å². The van der Waals surface area contributed by atoms with Crippen LogP contribution in [-0.4, -0.2) is 93.3 Å². The molecule has 0 spiro atoms. The molecule has 0 saturated carbocycles. The number of benzene rings is 6. The highest BCUT2D eigenvalue weighted by Gasteiger charge is 2.56. The number of ether oxygens (including phenoxy) is 10. The number of azide groups is 1. The van der Waals surface area contributed by atoms with Crippen LogP contribution in [0.1, 0.15) is 32.6 Å². The van der Waals surface area contributed by atoms with E-state index in [4.69, 9.17) is 47.4 Å². The Morgan fingerprint density at radius 2 is 1.11 bits per heavy atom. The predicted octanol–water partition coefficient (Wildman–Crippen LogP) is 9.67. The second-order valence-corrected chi connectivity index (χ2v) is 17.8. The predicted molar refractivity (Wildman–Crippen MR) is 263 cm³/mol. The van der Waals surface area contributed by atoms with Crippen LogP contribution < -0.4 is 4.74 Å². The highest BCUT2D eigenvalue weighted by Crippen LogP contribution is 2.41. The van der Waals surface area contributed by atoms with Gasteiger partial charge in [0.25, 0.3) is 0 Å². The van der Waals surface area contributed by atoms with Gasteiger partial charge in [-0.25, -0.2) is 9.59 Å². The molecule has 2 heterocycles. The Kier molecular flexibility index (Phi) is 18.6. The van der Waals surface area contributed by atoms with E-state index in [2.05, 4.69) is 10.0 Å². The fraction of sp³-hybridized carbons (Fsp3) is 0.309. The zero-order valence-electron chi connectivity index (χ0n) is 39.2. The second kappa shape index (κ2) is 26.1. The molecule has 6 aromatic rings. The molecule has 71 heavy (non-hydrogen) atoms. The zero-order chi connectivity index (χ0) is 49.2. The van der Waals surface area contributed by atoms with Crippen molar-refractivity contribution in [1.82, 2.24) is 0 Å². The molecule has 0 N–H and O–H groups in total. The first kappa shape index (κ1) is 50.8. The zero-order valence-corrected chi connectivity index (χ0v) is 40.0. The van der Waals surface area contributed by atoms with Crippen LogP contribution in [0, 0.1) is 0 Å². The molecule has 2 fully saturated rings. The molecule has 16 heteroatoms. The molecule has 2 saturated heterocycles. The van der Waals surface area contributed by atoms with Crippen molar-refractivity contribution in [1.29, 1.82) is 0 Å². The van der Waals surface area contributed by atoms with Crippen LogP contribution in [0.15, 0.2) is 186 Å². The molecule has 15 nitrogen and oxygen atoms in total. The number of methoxy groups -OCH3 is 2. The molecule has 2 aliphatic rings. The molecule has 0 unspecified atom stereocenters. The van der Waals surface area contributed by atoms with E-state index in [9.17, 15) is 15.1 Å². The topological polar surface area (TPSA) is 175 Å². The van der Waals surface area contributed by atoms with Gasteiger partial charge in [0, 0.05) is 9.81 Å². The minimum atomic E-state index is -1.50. The highest BCUT2D eigenvalue weighted by atomic mass is 32.2. The summed E-state index contributed by atoms with van der Waals surface area (Å²) in [5.74, 6) is -0.782. The molecule has 0 bridgehead atoms. The molecule has 0 radical (unpaired) electrons. The van der Waals surface area contributed by atoms with Crippen molar-refractivity contribution in [2.24, 2.45) is 5.11 Å². The van der Waals surface area contributed by atoms with E-state index in [0.29, 0.717) is 5.75 Å². The van der Waals surface area contributed by atoms with E-state index in [-0.39, 0.29) is 38.6 Å². The van der Waals surface area contributed by atoms with Crippen molar-refractivity contribution in [2.75, 3.05) is 20.8 Å². The van der Waals surface area contributed by atoms with E-state index < -0.39 is 72.4 Å². The first-order chi connectivity index (χ1) is 34.9. The van der Waals surface area contributed by atoms with Crippen LogP contribution in [0.2, 0.25) is 0 Å². The molecule has 368 valence electrons. The molecular formula is C55H55N3O12S. The van der Waals surface area contributed by atoms with Crippen LogP contribution in [0.5, 0.6) is 5.75 Å². The van der Waals surface area contributed by atoms with Crippen molar-refractivity contribution in [3.05, 3.63) is 214 Å². The lowest BCUT2D eigenvalue weighted by Crippen LogP contribution is -2.66. The lowest BCUT2D eigenvalue weighted by atomic mass is 9.95. The number of carbonyl (C=O) groups is 2. The molecule has 0 amide bonds. The van der Waals surface area contributed by atoms with Gasteiger partial charge in [-0.2, -0.15) is 0 Å². The third kappa shape index (κ3) is 13.9. The molecule has 0 aliphatic carbocycles. The van der Waals surface area contributed by atoms with E-state index >= 15 is 0 Å². The summed E-state index contributed by atoms with van der Waals surface area (Å²) in [5, 5.41) is 4.28. The van der Waals surface area contributed by atoms with Gasteiger partial charge in [-0.3, -0.25) is 0 Å². The largest absolute Gasteiger partial charge is 0.497 e. The summed E-state index contributed by atoms with van der Waals surface area (Å²) in [5.41, 5.74) is 12.9. The summed E-state index contributed by atoms with van der Waals surface area (Å²) < 4.78 is 64.4. The van der Waals surface area contributed by atoms with Gasteiger partial charge < -0.3 is 47.4 Å². The Balaban J connectivity index is 1.20. The summed E-state index contributed by atoms with van der Waals surface area (Å²) in [6, 6.07) is 52.7. The number of hydrogen-bond donors (Lipinski definition) is 0. The minimum absolute atomic E-state index is 0.00666. The Morgan fingerprint density at radius 1 is 0.592 bits per heavy atom. The van der Waals surface area contributed by atoms with Gasteiger partial charge in [-0.1, -0.05) is 156 Å². The lowest BCUT2D eigenvalue weighted by molar-refractivity contribution is -0.325. The van der Waals surface area contributed by atoms with E-state index in [0.717, 1.165) is 27.1 Å². The maximum Gasteiger partial charge on any atom is 0.338 e. The van der Waals surface area contributed by atoms with Crippen molar-refractivity contribution >= 4 is 23.7 Å². The third-order valence-electron chi connectivity index (χ3n) is 11.8. The smallest absolute Gasteiger partial charge is 0.338 e. The average Bonchev–Trinajstić information content (AvgIpc) is 3.42. The Bertz CT molecular complexity index is 2600. The number of thioether (sulfide) groups is 1. The summed E-state index contributed by atoms with van der Waals surface area (Å²) in [4.78, 5) is 32.4. The normalized spacial score (nSPS) is 24.0. The number of nitrogens with zero attached hydrogens (tertiary/aromatic N) is 3. The van der Waals surface area contributed by atoms with Crippen molar-refractivity contribution in [3.8, 4) is 5.75 Å². The van der Waals surface area contributed by atoms with Gasteiger partial charge in [-0.05, 0) is 64.2 Å². The maximum atomic E-state index is 14.2. The standard InChI is InChI=1S/C55H55N3O12S/c1-61-42-30-28-40(29-31-42)35-64-46-44(36-63-32-37-18-8-3-9-19-37)67-54(45(57-58-56)47(46)65-33-38-20-10-4-11-21-38)69-49-48(66-34-39-22-12-5-13-23-39)51(68-52(59)41-24-14-6-15-25-41)55(70-50(49)53(60)62-2)71-43-26-16-7-17-27-43/h3-31,44-51,54-55H,32-36H2,1-2H3/t44-,45-,46-,47-,48+,49+,50-,51-,54-,55+/m1/s1. The van der Waals surface area contributed by atoms with E-state index in [1.54, 1.807) is 37.4 Å². The van der Waals surface area contributed by atoms with Crippen molar-refractivity contribution < 1.29 is 57.0 Å². The van der Waals surface area contributed by atoms with Crippen LogP contribution >= 0.6 is 11.8 Å². The molecule has 6 aromatic carbocycles. The molecule has 2 aliphatic heterocycles. The third-order valence-corrected chi connectivity index (χ3v) is 13.0. The fourth-order valence-electron chi connectivity index (χ4n) is 8.26. The Morgan fingerprint density at radius 3 is 1.68 bits per heavy atom. The number of carbonyl (C=O) groups excluding carboxylic acids is 2. The SMILES string of the molecule is COC(=O)[C@@H]1O[C@@H](Sc2ccccc2)[C@H](OC(=O)c2ccccc2)[C@@H](OCc2ccccc2)[C@@H]1O[C@H]1O[C@H](COCc2ccccc2)[C@@H](OCc2ccc(OC)cc2)[C@H](OCc2ccccc2)[C@H]1N=[N+]=[N-]. The van der Waals surface area contributed by atoms with Gasteiger partial charge in [0.15, 0.2) is 18.5 Å². The number of rotatable bonds is 22. The summed E-state index contributed by atoms with van der Waals surface area (Å²) in [6.45, 7) is 0.410. The molecular weight excluding hydrogens is 927 g/mol. The van der Waals surface area contributed by atoms with Gasteiger partial charge >= 0.3 is 11.9 Å².